The van der Waals surface area contributed by atoms with Crippen LogP contribution < -0.4 is 118 Å². The maximum absolute atomic E-state index is 13.2. The van der Waals surface area contributed by atoms with Gasteiger partial charge in [-0.05, 0) is 125 Å². The molecule has 0 aliphatic heterocycles. The first-order valence-corrected chi connectivity index (χ1v) is 30.4. The SMILES string of the molecule is C.C.C.C.C.CCOC(=O)C(Br)c1cccc(C(F)(F)F)c1.CCOC(=O)C(Oc1ccc(Cl)cc1-c1cnn(CC)c1)c1cccc(C(F)(F)F)c1.CCn1cc(-c2cc(Cl)ccc2O)cn1.CCn1cc(-c2cc(Cl)ccc2OC(C(=O)O)c2cccc(C(F)(F)F)c2)cn1.O=CO[O-].[H-].[K+].[K+]. The molecule has 0 radical (unpaired) electrons. The number of phenolic OH excluding ortho intramolecular Hbond substituents is 1. The topological polar surface area (TPSA) is 231 Å². The van der Waals surface area contributed by atoms with E-state index in [0.29, 0.717) is 56.0 Å². The Hall–Kier alpha value is -5.82. The van der Waals surface area contributed by atoms with E-state index in [-0.39, 0.29) is 195 Å². The summed E-state index contributed by atoms with van der Waals surface area (Å²) >= 11 is 21.1. The number of ether oxygens (including phenoxy) is 4. The van der Waals surface area contributed by atoms with Crippen LogP contribution in [0.5, 0.6) is 17.2 Å². The van der Waals surface area contributed by atoms with Crippen molar-refractivity contribution in [3.8, 4) is 50.6 Å². The second kappa shape index (κ2) is 48.4. The number of nitrogens with zero attached hydrogens (tertiary/aromatic N) is 6. The van der Waals surface area contributed by atoms with Gasteiger partial charge in [-0.15, -0.1) is 0 Å². The quantitative estimate of drug-likeness (QED) is 0.0146. The second-order valence-corrected chi connectivity index (χ2v) is 21.7. The first kappa shape index (κ1) is 101. The number of hydrogen-bond acceptors (Lipinski definition) is 14. The summed E-state index contributed by atoms with van der Waals surface area (Å²) in [6.07, 6.45) is -6.32. The second-order valence-electron chi connectivity index (χ2n) is 19.5. The van der Waals surface area contributed by atoms with Gasteiger partial charge < -0.3 is 40.7 Å². The Balaban J connectivity index is -0.000000635. The first-order chi connectivity index (χ1) is 45.4. The van der Waals surface area contributed by atoms with Gasteiger partial charge in [0, 0.05) is 97.8 Å². The minimum Gasteiger partial charge on any atom is -1.00 e. The summed E-state index contributed by atoms with van der Waals surface area (Å²) in [6.45, 7) is 11.2. The van der Waals surface area contributed by atoms with Crippen LogP contribution in [0.2, 0.25) is 15.1 Å². The fraction of sp³-hybridized carbons (Fsp3) is 0.300. The molecule has 3 atom stereocenters. The van der Waals surface area contributed by atoms with Crippen molar-refractivity contribution in [2.45, 2.75) is 127 Å². The molecule has 103 heavy (non-hydrogen) atoms. The smallest absolute Gasteiger partial charge is 1.00 e. The zero-order valence-corrected chi connectivity index (χ0v) is 63.1. The number of aliphatic carboxylic acids is 1. The van der Waals surface area contributed by atoms with E-state index < -0.39 is 70.2 Å². The number of hydrogen-bond donors (Lipinski definition) is 2. The van der Waals surface area contributed by atoms with Crippen molar-refractivity contribution in [2.75, 3.05) is 13.2 Å². The number of phenols is 1. The van der Waals surface area contributed by atoms with E-state index in [4.69, 9.17) is 63.8 Å². The van der Waals surface area contributed by atoms with Crippen molar-refractivity contribution < 1.29 is 202 Å². The third-order valence-electron chi connectivity index (χ3n) is 12.9. The fourth-order valence-electron chi connectivity index (χ4n) is 8.39. The molecule has 6 aromatic carbocycles. The summed E-state index contributed by atoms with van der Waals surface area (Å²) in [6, 6.07) is 27.4. The zero-order valence-electron chi connectivity index (χ0n) is 54.0. The van der Waals surface area contributed by atoms with Gasteiger partial charge in [0.05, 0.1) is 48.5 Å². The molecule has 3 unspecified atom stereocenters. The third kappa shape index (κ3) is 31.3. The minimum atomic E-state index is -4.60. The molecule has 554 valence electrons. The number of aromatic hydroxyl groups is 1. The molecule has 2 N–H and O–H groups in total. The monoisotopic (exact) mass is 1630 g/mol. The summed E-state index contributed by atoms with van der Waals surface area (Å²) in [5, 5.41) is 41.7. The molecule has 9 aromatic rings. The van der Waals surface area contributed by atoms with Gasteiger partial charge in [0.1, 0.15) is 22.1 Å². The Kier molecular flexibility index (Phi) is 47.6. The van der Waals surface area contributed by atoms with Crippen molar-refractivity contribution in [1.82, 2.24) is 29.3 Å². The number of carboxylic acid groups (broad SMARTS) is 1. The standard InChI is InChI=1S/C22H20ClF3N2O3.C20H16ClF3N2O3.C11H10BrF3O2.C11H11ClN2O.CH2O3.5CH4.2K.H/c1-3-28-13-15(12-27-28)18-11-17(23)8-9-19(18)31-20(21(29)30-4-2)14-6-5-7-16(10-14)22(24,25)26;1-2-26-11-13(10-25-26)16-9-15(21)6-7-17(16)29-18(19(27)28)12-4-3-5-14(8-12)20(22,23)24;1-2-17-10(16)9(12)7-4-3-5-8(6-7)11(13,14)15;1-2-14-7-8(6-13-14)10-5-9(12)3-4-11(10)15;2-1-4-3;;;;;;;;/h5-13,20H,3-4H2,1-2H3;3-11,18H,2H2,1H3,(H,27,28);3-6,9H,2H2,1H3;3-7,15H,2H2,1H3;1,3H;5*1H4;;;/q;;;;;;;;;;2*+1;-1/p-1. The van der Waals surface area contributed by atoms with Crippen LogP contribution in [0.4, 0.5) is 39.5 Å². The van der Waals surface area contributed by atoms with Gasteiger partial charge in [0.25, 0.3) is 6.47 Å². The molecular weight excluding hydrogens is 1550 g/mol. The average Bonchev–Trinajstić information content (AvgIpc) is 1.28. The van der Waals surface area contributed by atoms with E-state index >= 15 is 0 Å². The summed E-state index contributed by atoms with van der Waals surface area (Å²) < 4.78 is 142. The Morgan fingerprint density at radius 1 is 0.524 bits per heavy atom. The molecule has 9 rings (SSSR count). The number of carbonyl (C=O) groups is 4. The van der Waals surface area contributed by atoms with Crippen LogP contribution >= 0.6 is 50.7 Å². The van der Waals surface area contributed by atoms with Gasteiger partial charge in [-0.25, -0.2) is 9.59 Å². The Bertz CT molecular complexity index is 4060. The van der Waals surface area contributed by atoms with Crippen LogP contribution in [0.3, 0.4) is 0 Å². The molecular formula is C70H79BrCl3F9K2N6O12. The van der Waals surface area contributed by atoms with Crippen molar-refractivity contribution in [2.24, 2.45) is 0 Å². The number of aromatic nitrogens is 6. The molecule has 3 aromatic heterocycles. The van der Waals surface area contributed by atoms with Crippen molar-refractivity contribution in [1.29, 1.82) is 0 Å². The van der Waals surface area contributed by atoms with Gasteiger partial charge in [-0.2, -0.15) is 54.8 Å². The number of aryl methyl sites for hydroxylation is 3. The normalized spacial score (nSPS) is 11.2. The molecule has 0 fully saturated rings. The predicted molar refractivity (Wildman–Crippen MR) is 372 cm³/mol. The maximum Gasteiger partial charge on any atom is 1.00 e. The average molecular weight is 1630 g/mol. The minimum absolute atomic E-state index is 0. The first-order valence-electron chi connectivity index (χ1n) is 28.3. The third-order valence-corrected chi connectivity index (χ3v) is 14.5. The molecule has 0 saturated heterocycles. The van der Waals surface area contributed by atoms with Crippen LogP contribution in [-0.4, -0.2) is 77.1 Å². The van der Waals surface area contributed by atoms with E-state index in [1.54, 1.807) is 101 Å². The molecule has 0 saturated carbocycles. The Morgan fingerprint density at radius 2 is 0.845 bits per heavy atom. The van der Waals surface area contributed by atoms with Crippen LogP contribution in [0.15, 0.2) is 165 Å². The molecule has 0 spiro atoms. The van der Waals surface area contributed by atoms with Crippen molar-refractivity contribution in [3.05, 3.63) is 213 Å². The number of carbonyl (C=O) groups excluding carboxylic acids is 3. The van der Waals surface area contributed by atoms with Crippen LogP contribution in [0, 0.1) is 0 Å². The van der Waals surface area contributed by atoms with Crippen molar-refractivity contribution in [3.63, 3.8) is 0 Å². The van der Waals surface area contributed by atoms with E-state index in [0.717, 1.165) is 54.6 Å². The number of alkyl halides is 10. The molecule has 0 bridgehead atoms. The Morgan fingerprint density at radius 3 is 1.18 bits per heavy atom. The largest absolute Gasteiger partial charge is 1.00 e. The molecule has 0 aliphatic carbocycles. The molecule has 0 aliphatic rings. The van der Waals surface area contributed by atoms with Gasteiger partial charge in [0.2, 0.25) is 12.2 Å². The maximum atomic E-state index is 13.2. The molecule has 18 nitrogen and oxygen atoms in total. The summed E-state index contributed by atoms with van der Waals surface area (Å²) in [7, 11) is 0. The number of rotatable bonds is 19. The van der Waals surface area contributed by atoms with E-state index in [1.165, 1.54) is 42.5 Å². The zero-order chi connectivity index (χ0) is 71.1. The van der Waals surface area contributed by atoms with E-state index in [2.05, 4.69) is 36.1 Å². The number of esters is 2. The summed E-state index contributed by atoms with van der Waals surface area (Å²) in [5.41, 5.74) is 1.43. The van der Waals surface area contributed by atoms with Gasteiger partial charge in [0.15, 0.2) is 0 Å². The van der Waals surface area contributed by atoms with Crippen LogP contribution in [0.25, 0.3) is 33.4 Å². The van der Waals surface area contributed by atoms with Crippen LogP contribution in [-0.2, 0) is 71.7 Å². The summed E-state index contributed by atoms with van der Waals surface area (Å²) in [4.78, 5) is 46.1. The number of benzene rings is 6. The number of halogens is 13. The van der Waals surface area contributed by atoms with E-state index in [1.807, 2.05) is 27.0 Å². The Labute approximate surface area is 702 Å². The molecule has 3 heterocycles. The van der Waals surface area contributed by atoms with Crippen molar-refractivity contribution >= 4 is 75.1 Å². The van der Waals surface area contributed by atoms with Gasteiger partial charge in [-0.3, -0.25) is 23.6 Å². The van der Waals surface area contributed by atoms with Gasteiger partial charge in [-0.1, -0.05) is 130 Å². The number of carboxylic acids is 1. The fourth-order valence-corrected chi connectivity index (χ4v) is 9.33. The molecule has 0 amide bonds. The van der Waals surface area contributed by atoms with Crippen LogP contribution in [0.1, 0.15) is 124 Å². The summed E-state index contributed by atoms with van der Waals surface area (Å²) in [5.74, 6) is -2.19. The van der Waals surface area contributed by atoms with E-state index in [9.17, 15) is 64.1 Å². The molecule has 33 heteroatoms. The predicted octanol–water partition coefficient (Wildman–Crippen LogP) is 13.7. The van der Waals surface area contributed by atoms with Gasteiger partial charge >= 0.3 is 139 Å².